The maximum absolute atomic E-state index is 12.2. The number of likely N-dealkylation sites (tertiary alicyclic amines) is 2. The Morgan fingerprint density at radius 2 is 0.894 bits per heavy atom. The first-order valence-corrected chi connectivity index (χ1v) is 26.4. The summed E-state index contributed by atoms with van der Waals surface area (Å²) in [5.74, 6) is -0.639. The van der Waals surface area contributed by atoms with E-state index in [1.807, 2.05) is 88.4 Å². The van der Waals surface area contributed by atoms with Crippen LogP contribution in [0.4, 0.5) is 0 Å². The normalized spacial score (nSPS) is 32.5. The van der Waals surface area contributed by atoms with Crippen LogP contribution in [0.3, 0.4) is 0 Å². The lowest BCUT2D eigenvalue weighted by Crippen LogP contribution is -2.44. The minimum absolute atomic E-state index is 0.0129. The predicted molar refractivity (Wildman–Crippen MR) is 243 cm³/mol. The van der Waals surface area contributed by atoms with E-state index in [0.29, 0.717) is 38.8 Å². The molecule has 8 fully saturated rings. The van der Waals surface area contributed by atoms with E-state index in [-0.39, 0.29) is 81.8 Å². The Labute approximate surface area is 387 Å². The van der Waals surface area contributed by atoms with Gasteiger partial charge in [-0.15, -0.1) is 0 Å². The molecule has 0 radical (unpaired) electrons. The van der Waals surface area contributed by atoms with Gasteiger partial charge in [-0.05, 0) is 98.2 Å². The standard InChI is InChI=1S/2C14H16N2O2.2C10H16O4S/c2*17-13-11-7-4-8-15-12(11)14(18)16(13)9-10-5-2-1-3-6-10;2*1-9(2)7-3-4-10(9,8(11)5-7)6-15(12,13)14/h2*1-3,5-6,11-12,15H,4,7-9H2;2*7H,3-6H2,1-2H3,(H,12,13,14)/t2*11-,12+;;/m10../s1. The van der Waals surface area contributed by atoms with Crippen molar-refractivity contribution in [3.63, 3.8) is 0 Å². The molecule has 4 N–H and O–H groups in total. The monoisotopic (exact) mass is 952 g/mol. The van der Waals surface area contributed by atoms with E-state index >= 15 is 0 Å². The fourth-order valence-corrected chi connectivity index (χ4v) is 15.1. The van der Waals surface area contributed by atoms with E-state index in [0.717, 1.165) is 62.7 Å². The highest BCUT2D eigenvalue weighted by Crippen LogP contribution is 2.65. The highest BCUT2D eigenvalue weighted by Gasteiger charge is 2.66. The van der Waals surface area contributed by atoms with Crippen LogP contribution in [0.5, 0.6) is 0 Å². The second-order valence-corrected chi connectivity index (χ2v) is 23.5. The number of carbonyl (C=O) groups is 6. The molecule has 4 aliphatic carbocycles. The largest absolute Gasteiger partial charge is 0.305 e. The lowest BCUT2D eigenvalue weighted by molar-refractivity contribution is -0.141. The molecule has 4 amide bonds. The number of nitrogens with zero attached hydrogens (tertiary/aromatic N) is 2. The predicted octanol–water partition coefficient (Wildman–Crippen LogP) is 4.39. The van der Waals surface area contributed by atoms with Gasteiger partial charge in [-0.3, -0.25) is 47.7 Å². The molecular weight excluding hydrogens is 889 g/mol. The third-order valence-corrected chi connectivity index (χ3v) is 18.4. The lowest BCUT2D eigenvalue weighted by Gasteiger charge is -2.35. The van der Waals surface area contributed by atoms with Gasteiger partial charge in [-0.25, -0.2) is 0 Å². The molecule has 4 heterocycles. The van der Waals surface area contributed by atoms with Crippen molar-refractivity contribution in [1.29, 1.82) is 0 Å². The number of hydrogen-bond donors (Lipinski definition) is 4. The van der Waals surface area contributed by atoms with Crippen LogP contribution in [0.15, 0.2) is 60.7 Å². The maximum atomic E-state index is 12.2. The Balaban J connectivity index is 0.000000131. The highest BCUT2D eigenvalue weighted by molar-refractivity contribution is 7.86. The molecule has 4 bridgehead atoms. The molecular formula is C48H64N4O12S2. The fraction of sp³-hybridized carbons (Fsp3) is 0.625. The van der Waals surface area contributed by atoms with Gasteiger partial charge in [0.05, 0.1) is 59.3 Å². The third-order valence-electron chi connectivity index (χ3n) is 16.7. The number of nitrogens with one attached hydrogen (secondary N) is 2. The van der Waals surface area contributed by atoms with Gasteiger partial charge in [0.25, 0.3) is 20.2 Å². The summed E-state index contributed by atoms with van der Waals surface area (Å²) < 4.78 is 62.0. The van der Waals surface area contributed by atoms with Crippen molar-refractivity contribution in [2.45, 2.75) is 117 Å². The number of amides is 4. The lowest BCUT2D eigenvalue weighted by atomic mass is 9.70. The second kappa shape index (κ2) is 18.7. The van der Waals surface area contributed by atoms with Crippen molar-refractivity contribution >= 4 is 55.4 Å². The van der Waals surface area contributed by atoms with E-state index in [9.17, 15) is 45.6 Å². The molecule has 10 rings (SSSR count). The molecule has 18 heteroatoms. The number of hydrogen-bond acceptors (Lipinski definition) is 12. The average molecular weight is 953 g/mol. The van der Waals surface area contributed by atoms with Crippen LogP contribution in [0, 0.1) is 45.3 Å². The SMILES string of the molecule is CC1(C)C2CCC1(CS(=O)(=O)O)C(=O)C2.CC1(C)C2CCC1(CS(=O)(=O)O)C(=O)C2.O=C1[C@H]2CCCN[C@H]2C(=O)N1Cc1ccccc1.O=C1[C@H]2NCCC[C@H]2C(=O)N1Cc1ccccc1. The summed E-state index contributed by atoms with van der Waals surface area (Å²) in [4.78, 5) is 75.4. The number of ketones is 2. The number of Topliss-reactive ketones (excluding diaryl/α,β-unsaturated/α-hetero) is 2. The van der Waals surface area contributed by atoms with Crippen LogP contribution < -0.4 is 10.6 Å². The van der Waals surface area contributed by atoms with Gasteiger partial charge in [0.2, 0.25) is 23.6 Å². The molecule has 8 aliphatic rings. The summed E-state index contributed by atoms with van der Waals surface area (Å²) in [5.41, 5.74) is -0.244. The van der Waals surface area contributed by atoms with Crippen molar-refractivity contribution in [2.24, 2.45) is 45.3 Å². The summed E-state index contributed by atoms with van der Waals surface area (Å²) in [7, 11) is -8.15. The molecule has 16 nitrogen and oxygen atoms in total. The molecule has 4 saturated carbocycles. The first-order chi connectivity index (χ1) is 30.9. The molecule has 8 atom stereocenters. The number of rotatable bonds is 8. The van der Waals surface area contributed by atoms with Gasteiger partial charge in [0, 0.05) is 12.8 Å². The molecule has 2 aromatic carbocycles. The Morgan fingerprint density at radius 3 is 1.17 bits per heavy atom. The van der Waals surface area contributed by atoms with Crippen molar-refractivity contribution < 1.29 is 54.7 Å². The average Bonchev–Trinajstić information content (AvgIpc) is 3.94. The summed E-state index contributed by atoms with van der Waals surface area (Å²) in [6, 6.07) is 18.7. The quantitative estimate of drug-likeness (QED) is 0.212. The van der Waals surface area contributed by atoms with Crippen LogP contribution in [0.1, 0.15) is 103 Å². The van der Waals surface area contributed by atoms with Crippen LogP contribution in [0.25, 0.3) is 0 Å². The van der Waals surface area contributed by atoms with Crippen molar-refractivity contribution in [2.75, 3.05) is 24.6 Å². The first-order valence-electron chi connectivity index (χ1n) is 23.1. The van der Waals surface area contributed by atoms with E-state index in [1.54, 1.807) is 0 Å². The van der Waals surface area contributed by atoms with Gasteiger partial charge in [-0.2, -0.15) is 16.8 Å². The van der Waals surface area contributed by atoms with Gasteiger partial charge < -0.3 is 10.6 Å². The van der Waals surface area contributed by atoms with Crippen molar-refractivity contribution in [3.05, 3.63) is 71.8 Å². The first kappa shape index (κ1) is 49.7. The molecule has 0 spiro atoms. The van der Waals surface area contributed by atoms with Crippen molar-refractivity contribution in [3.8, 4) is 0 Å². The number of imide groups is 2. The zero-order chi connectivity index (χ0) is 48.0. The van der Waals surface area contributed by atoms with Gasteiger partial charge in [0.15, 0.2) is 0 Å². The van der Waals surface area contributed by atoms with Gasteiger partial charge in [0.1, 0.15) is 11.6 Å². The van der Waals surface area contributed by atoms with Gasteiger partial charge >= 0.3 is 0 Å². The van der Waals surface area contributed by atoms with E-state index in [2.05, 4.69) is 10.6 Å². The molecule has 4 saturated heterocycles. The van der Waals surface area contributed by atoms with Crippen LogP contribution in [0.2, 0.25) is 0 Å². The van der Waals surface area contributed by atoms with Crippen LogP contribution in [-0.4, -0.2) is 108 Å². The zero-order valence-corrected chi connectivity index (χ0v) is 39.9. The maximum Gasteiger partial charge on any atom is 0.265 e. The topological polar surface area (TPSA) is 242 Å². The van der Waals surface area contributed by atoms with Gasteiger partial charge in [-0.1, -0.05) is 88.4 Å². The molecule has 66 heavy (non-hydrogen) atoms. The minimum atomic E-state index is -4.08. The van der Waals surface area contributed by atoms with E-state index in [1.165, 1.54) is 9.80 Å². The third kappa shape index (κ3) is 9.46. The highest BCUT2D eigenvalue weighted by atomic mass is 32.2. The molecule has 4 unspecified atom stereocenters. The molecule has 360 valence electrons. The molecule has 0 aromatic heterocycles. The number of fused-ring (bicyclic) bond motifs is 6. The number of benzene rings is 2. The van der Waals surface area contributed by atoms with Crippen LogP contribution >= 0.6 is 0 Å². The number of piperidine rings is 2. The summed E-state index contributed by atoms with van der Waals surface area (Å²) in [5, 5.41) is 6.33. The van der Waals surface area contributed by atoms with E-state index in [4.69, 9.17) is 9.11 Å². The Hall–Kier alpha value is -4.20. The second-order valence-electron chi connectivity index (χ2n) is 20.6. The fourth-order valence-electron chi connectivity index (χ4n) is 12.5. The summed E-state index contributed by atoms with van der Waals surface area (Å²) in [6.07, 6.45) is 7.54. The van der Waals surface area contributed by atoms with E-state index < -0.39 is 42.6 Å². The minimum Gasteiger partial charge on any atom is -0.305 e. The zero-order valence-electron chi connectivity index (χ0n) is 38.2. The van der Waals surface area contributed by atoms with Crippen molar-refractivity contribution in [1.82, 2.24) is 20.4 Å². The molecule has 2 aromatic rings. The Morgan fingerprint density at radius 1 is 0.545 bits per heavy atom. The molecule has 4 aliphatic heterocycles. The smallest absolute Gasteiger partial charge is 0.265 e. The Kier molecular flexibility index (Phi) is 14.1. The number of carbonyl (C=O) groups excluding carboxylic acids is 6. The summed E-state index contributed by atoms with van der Waals surface area (Å²) in [6.45, 7) is 10.2. The Bertz CT molecular complexity index is 2230. The van der Waals surface area contributed by atoms with Crippen LogP contribution in [-0.2, 0) is 62.1 Å². The summed E-state index contributed by atoms with van der Waals surface area (Å²) >= 11 is 0.